The standard InChI is InChI=1S/C6H10O.C2H6/c1-6-2-3-7-5(6)4-6;1-2/h5H,2-4H2,1H3;1-2H3/t5-,6+;/m1./s1. The molecule has 0 N–H and O–H groups in total. The van der Waals surface area contributed by atoms with E-state index in [0.29, 0.717) is 11.5 Å². The summed E-state index contributed by atoms with van der Waals surface area (Å²) in [7, 11) is 0. The van der Waals surface area contributed by atoms with Crippen molar-refractivity contribution in [2.45, 2.75) is 39.7 Å². The highest BCUT2D eigenvalue weighted by molar-refractivity contribution is 5.03. The van der Waals surface area contributed by atoms with Gasteiger partial charge in [0.25, 0.3) is 0 Å². The lowest BCUT2D eigenvalue weighted by Gasteiger charge is -1.93. The van der Waals surface area contributed by atoms with E-state index in [1.807, 2.05) is 13.8 Å². The smallest absolute Gasteiger partial charge is 0.0636 e. The van der Waals surface area contributed by atoms with Crippen LogP contribution in [-0.4, -0.2) is 12.7 Å². The third kappa shape index (κ3) is 1.11. The van der Waals surface area contributed by atoms with E-state index >= 15 is 0 Å². The molecular weight excluding hydrogens is 112 g/mol. The molecule has 2 atom stereocenters. The van der Waals surface area contributed by atoms with Crippen molar-refractivity contribution in [3.8, 4) is 0 Å². The van der Waals surface area contributed by atoms with Gasteiger partial charge < -0.3 is 4.74 Å². The fraction of sp³-hybridized carbons (Fsp3) is 1.00. The van der Waals surface area contributed by atoms with Crippen LogP contribution in [0.25, 0.3) is 0 Å². The predicted molar refractivity (Wildman–Crippen MR) is 38.4 cm³/mol. The highest BCUT2D eigenvalue weighted by atomic mass is 16.5. The van der Waals surface area contributed by atoms with Crippen LogP contribution in [0.15, 0.2) is 0 Å². The molecule has 0 spiro atoms. The Kier molecular flexibility index (Phi) is 1.80. The van der Waals surface area contributed by atoms with Crippen molar-refractivity contribution in [2.24, 2.45) is 5.41 Å². The molecule has 54 valence electrons. The molecule has 0 bridgehead atoms. The van der Waals surface area contributed by atoms with Gasteiger partial charge in [0.2, 0.25) is 0 Å². The minimum atomic E-state index is 0.639. The van der Waals surface area contributed by atoms with Gasteiger partial charge in [-0.15, -0.1) is 0 Å². The molecule has 1 nitrogen and oxygen atoms in total. The van der Waals surface area contributed by atoms with Crippen LogP contribution in [0.1, 0.15) is 33.6 Å². The van der Waals surface area contributed by atoms with Crippen LogP contribution >= 0.6 is 0 Å². The van der Waals surface area contributed by atoms with Gasteiger partial charge in [0, 0.05) is 6.61 Å². The van der Waals surface area contributed by atoms with Crippen LogP contribution in [0.3, 0.4) is 0 Å². The summed E-state index contributed by atoms with van der Waals surface area (Å²) in [6, 6.07) is 0. The first-order valence-electron chi connectivity index (χ1n) is 3.93. The van der Waals surface area contributed by atoms with Crippen molar-refractivity contribution < 1.29 is 4.74 Å². The average molecular weight is 128 g/mol. The molecule has 2 rings (SSSR count). The number of rotatable bonds is 0. The summed E-state index contributed by atoms with van der Waals surface area (Å²) in [5.74, 6) is 0. The molecule has 1 saturated carbocycles. The van der Waals surface area contributed by atoms with Gasteiger partial charge in [-0.25, -0.2) is 0 Å². The molecule has 1 aliphatic carbocycles. The highest BCUT2D eigenvalue weighted by Gasteiger charge is 2.54. The summed E-state index contributed by atoms with van der Waals surface area (Å²) in [4.78, 5) is 0. The Bertz CT molecular complexity index is 98.7. The largest absolute Gasteiger partial charge is 0.378 e. The van der Waals surface area contributed by atoms with E-state index in [1.165, 1.54) is 12.8 Å². The number of fused-ring (bicyclic) bond motifs is 1. The Hall–Kier alpha value is -0.0400. The lowest BCUT2D eigenvalue weighted by molar-refractivity contribution is 0.154. The summed E-state index contributed by atoms with van der Waals surface area (Å²) in [5.41, 5.74) is 0.639. The minimum absolute atomic E-state index is 0.639. The fourth-order valence-electron chi connectivity index (χ4n) is 1.32. The zero-order valence-corrected chi connectivity index (χ0v) is 6.61. The minimum Gasteiger partial charge on any atom is -0.378 e. The van der Waals surface area contributed by atoms with Gasteiger partial charge in [-0.2, -0.15) is 0 Å². The first kappa shape index (κ1) is 7.07. The zero-order valence-electron chi connectivity index (χ0n) is 6.61. The van der Waals surface area contributed by atoms with Gasteiger partial charge in [0.05, 0.1) is 6.10 Å². The van der Waals surface area contributed by atoms with E-state index < -0.39 is 0 Å². The summed E-state index contributed by atoms with van der Waals surface area (Å²) in [5, 5.41) is 0. The highest BCUT2D eigenvalue weighted by Crippen LogP contribution is 2.54. The number of hydrogen-bond acceptors (Lipinski definition) is 1. The SMILES string of the molecule is CC.C[C@@]12CCO[C@@H]1C2. The summed E-state index contributed by atoms with van der Waals surface area (Å²) in [6.45, 7) is 7.33. The van der Waals surface area contributed by atoms with Crippen molar-refractivity contribution in [1.82, 2.24) is 0 Å². The van der Waals surface area contributed by atoms with Gasteiger partial charge in [0.1, 0.15) is 0 Å². The fourth-order valence-corrected chi connectivity index (χ4v) is 1.32. The number of ether oxygens (including phenoxy) is 1. The third-order valence-electron chi connectivity index (χ3n) is 2.26. The van der Waals surface area contributed by atoms with Gasteiger partial charge in [-0.3, -0.25) is 0 Å². The Morgan fingerprint density at radius 3 is 2.22 bits per heavy atom. The van der Waals surface area contributed by atoms with Crippen molar-refractivity contribution in [3.05, 3.63) is 0 Å². The maximum absolute atomic E-state index is 5.33. The van der Waals surface area contributed by atoms with E-state index in [-0.39, 0.29) is 0 Å². The van der Waals surface area contributed by atoms with E-state index in [9.17, 15) is 0 Å². The lowest BCUT2D eigenvalue weighted by Crippen LogP contribution is -1.89. The molecule has 1 aliphatic heterocycles. The topological polar surface area (TPSA) is 9.23 Å². The van der Waals surface area contributed by atoms with Crippen LogP contribution in [0.5, 0.6) is 0 Å². The molecule has 0 amide bonds. The zero-order chi connectivity index (χ0) is 6.91. The van der Waals surface area contributed by atoms with Gasteiger partial charge >= 0.3 is 0 Å². The van der Waals surface area contributed by atoms with Gasteiger partial charge in [-0.05, 0) is 18.3 Å². The molecular formula is C8H16O. The van der Waals surface area contributed by atoms with E-state index in [0.717, 1.165) is 6.61 Å². The third-order valence-corrected chi connectivity index (χ3v) is 2.26. The average Bonchev–Trinajstić information content (AvgIpc) is 2.38. The molecule has 2 aliphatic rings. The molecule has 1 heteroatoms. The van der Waals surface area contributed by atoms with Crippen LogP contribution < -0.4 is 0 Å². The monoisotopic (exact) mass is 128 g/mol. The molecule has 9 heavy (non-hydrogen) atoms. The van der Waals surface area contributed by atoms with Crippen LogP contribution in [0.4, 0.5) is 0 Å². The maximum atomic E-state index is 5.33. The molecule has 1 heterocycles. The van der Waals surface area contributed by atoms with Crippen LogP contribution in [0.2, 0.25) is 0 Å². The van der Waals surface area contributed by atoms with E-state index in [2.05, 4.69) is 6.92 Å². The molecule has 0 aromatic rings. The molecule has 0 aromatic carbocycles. The molecule has 0 aromatic heterocycles. The van der Waals surface area contributed by atoms with Crippen molar-refractivity contribution in [1.29, 1.82) is 0 Å². The Morgan fingerprint density at radius 2 is 2.11 bits per heavy atom. The first-order valence-corrected chi connectivity index (χ1v) is 3.93. The predicted octanol–water partition coefficient (Wildman–Crippen LogP) is 2.21. The first-order chi connectivity index (χ1) is 4.31. The van der Waals surface area contributed by atoms with Crippen molar-refractivity contribution >= 4 is 0 Å². The summed E-state index contributed by atoms with van der Waals surface area (Å²) < 4.78 is 5.33. The van der Waals surface area contributed by atoms with Gasteiger partial charge in [0.15, 0.2) is 0 Å². The van der Waals surface area contributed by atoms with Crippen LogP contribution in [0, 0.1) is 5.41 Å². The summed E-state index contributed by atoms with van der Waals surface area (Å²) >= 11 is 0. The second-order valence-electron chi connectivity index (χ2n) is 2.97. The Labute approximate surface area is 57.4 Å². The molecule has 1 saturated heterocycles. The quantitative estimate of drug-likeness (QED) is 0.486. The maximum Gasteiger partial charge on any atom is 0.0636 e. The van der Waals surface area contributed by atoms with Crippen molar-refractivity contribution in [3.63, 3.8) is 0 Å². The van der Waals surface area contributed by atoms with E-state index in [4.69, 9.17) is 4.74 Å². The Morgan fingerprint density at radius 1 is 1.44 bits per heavy atom. The second-order valence-corrected chi connectivity index (χ2v) is 2.97. The normalized spacial score (nSPS) is 45.0. The Balaban J connectivity index is 0.000000186. The molecule has 0 radical (unpaired) electrons. The molecule has 0 unspecified atom stereocenters. The van der Waals surface area contributed by atoms with Crippen LogP contribution in [-0.2, 0) is 4.74 Å². The van der Waals surface area contributed by atoms with Gasteiger partial charge in [-0.1, -0.05) is 20.8 Å². The lowest BCUT2D eigenvalue weighted by atomic mass is 10.1. The van der Waals surface area contributed by atoms with Crippen molar-refractivity contribution in [2.75, 3.05) is 6.61 Å². The van der Waals surface area contributed by atoms with E-state index in [1.54, 1.807) is 0 Å². The summed E-state index contributed by atoms with van der Waals surface area (Å²) in [6.07, 6.45) is 3.29. The number of hydrogen-bond donors (Lipinski definition) is 0. The molecule has 2 fully saturated rings. The second kappa shape index (κ2) is 2.30.